The fourth-order valence-corrected chi connectivity index (χ4v) is 3.52. The number of anilines is 1. The molecule has 0 aliphatic carbocycles. The zero-order chi connectivity index (χ0) is 22.5. The fraction of sp³-hybridized carbons (Fsp3) is 0.217. The molecule has 5 rings (SSSR count). The van der Waals surface area contributed by atoms with Gasteiger partial charge in [0.05, 0.1) is 13.2 Å². The summed E-state index contributed by atoms with van der Waals surface area (Å²) in [4.78, 5) is 33.1. The average Bonchev–Trinajstić information content (AvgIpc) is 3.32. The third-order valence-electron chi connectivity index (χ3n) is 5.17. The first-order chi connectivity index (χ1) is 16.3. The smallest absolute Gasteiger partial charge is 0.236 e. The lowest BCUT2D eigenvalue weighted by molar-refractivity contribution is 0.122. The predicted molar refractivity (Wildman–Crippen MR) is 125 cm³/mol. The SMILES string of the molecule is C=N/C(=N\OCc1ccccc1)c1nc(N2CCOCC2)c2[nH]c(-c3ccncc3)nc2n1. The Kier molecular flexibility index (Phi) is 5.98. The molecule has 4 aromatic rings. The molecule has 33 heavy (non-hydrogen) atoms. The molecule has 3 aromatic heterocycles. The zero-order valence-electron chi connectivity index (χ0n) is 17.9. The molecular weight excluding hydrogens is 420 g/mol. The summed E-state index contributed by atoms with van der Waals surface area (Å²) in [5.74, 6) is 1.87. The summed E-state index contributed by atoms with van der Waals surface area (Å²) in [5.41, 5.74) is 3.14. The van der Waals surface area contributed by atoms with E-state index in [1.165, 1.54) is 0 Å². The number of aliphatic imine (C=N–C) groups is 1. The van der Waals surface area contributed by atoms with Crippen LogP contribution in [0, 0.1) is 0 Å². The number of ether oxygens (including phenoxy) is 1. The molecule has 0 amide bonds. The summed E-state index contributed by atoms with van der Waals surface area (Å²) < 4.78 is 5.51. The first-order valence-electron chi connectivity index (χ1n) is 10.5. The van der Waals surface area contributed by atoms with E-state index in [2.05, 4.69) is 36.7 Å². The molecule has 0 radical (unpaired) electrons. The van der Waals surface area contributed by atoms with E-state index in [0.29, 0.717) is 56.0 Å². The maximum Gasteiger partial charge on any atom is 0.236 e. The van der Waals surface area contributed by atoms with Crippen LogP contribution >= 0.6 is 0 Å². The van der Waals surface area contributed by atoms with Gasteiger partial charge in [0.25, 0.3) is 0 Å². The Hall–Kier alpha value is -4.18. The van der Waals surface area contributed by atoms with Crippen molar-refractivity contribution in [3.63, 3.8) is 0 Å². The number of aromatic nitrogens is 5. The van der Waals surface area contributed by atoms with Crippen molar-refractivity contribution in [1.29, 1.82) is 0 Å². The van der Waals surface area contributed by atoms with E-state index >= 15 is 0 Å². The van der Waals surface area contributed by atoms with Crippen molar-refractivity contribution in [1.82, 2.24) is 24.9 Å². The molecular formula is C23H22N8O2. The number of benzene rings is 1. The molecule has 0 atom stereocenters. The van der Waals surface area contributed by atoms with Crippen molar-refractivity contribution in [2.75, 3.05) is 31.2 Å². The summed E-state index contributed by atoms with van der Waals surface area (Å²) in [7, 11) is 0. The van der Waals surface area contributed by atoms with E-state index in [9.17, 15) is 0 Å². The maximum absolute atomic E-state index is 5.51. The van der Waals surface area contributed by atoms with E-state index in [1.807, 2.05) is 42.5 Å². The standard InChI is InChI=1S/C23H22N8O2/c1-24-21(30-33-15-16-5-3-2-4-6-16)22-28-20-18(23(29-22)31-11-13-32-14-12-31)26-19(27-20)17-7-9-25-10-8-17/h2-10H,1,11-15H2,(H,26,27,28,29)/b30-21-. The number of imidazole rings is 1. The van der Waals surface area contributed by atoms with Gasteiger partial charge in [0.1, 0.15) is 17.9 Å². The Bertz CT molecular complexity index is 1270. The van der Waals surface area contributed by atoms with Gasteiger partial charge < -0.3 is 19.5 Å². The highest BCUT2D eigenvalue weighted by molar-refractivity contribution is 6.00. The number of rotatable bonds is 6. The van der Waals surface area contributed by atoms with Crippen LogP contribution in [0.5, 0.6) is 0 Å². The molecule has 166 valence electrons. The fourth-order valence-electron chi connectivity index (χ4n) is 3.52. The number of pyridine rings is 1. The number of hydrogen-bond donors (Lipinski definition) is 1. The van der Waals surface area contributed by atoms with Gasteiger partial charge in [-0.2, -0.15) is 0 Å². The van der Waals surface area contributed by atoms with Crippen LogP contribution in [0.2, 0.25) is 0 Å². The van der Waals surface area contributed by atoms with Gasteiger partial charge in [0.2, 0.25) is 11.7 Å². The lowest BCUT2D eigenvalue weighted by Crippen LogP contribution is -2.37. The summed E-state index contributed by atoms with van der Waals surface area (Å²) in [6.07, 6.45) is 3.44. The highest BCUT2D eigenvalue weighted by Gasteiger charge is 2.22. The molecule has 1 fully saturated rings. The zero-order valence-corrected chi connectivity index (χ0v) is 17.9. The predicted octanol–water partition coefficient (Wildman–Crippen LogP) is 2.83. The molecule has 1 N–H and O–H groups in total. The Balaban J connectivity index is 1.53. The van der Waals surface area contributed by atoms with Gasteiger partial charge >= 0.3 is 0 Å². The van der Waals surface area contributed by atoms with Gasteiger partial charge in [-0.15, -0.1) is 0 Å². The number of nitrogens with zero attached hydrogens (tertiary/aromatic N) is 7. The quantitative estimate of drug-likeness (QED) is 0.277. The van der Waals surface area contributed by atoms with Gasteiger partial charge in [-0.05, 0) is 24.4 Å². The first-order valence-corrected chi connectivity index (χ1v) is 10.5. The van der Waals surface area contributed by atoms with Crippen LogP contribution in [0.15, 0.2) is 65.0 Å². The van der Waals surface area contributed by atoms with Crippen molar-refractivity contribution in [2.45, 2.75) is 6.61 Å². The highest BCUT2D eigenvalue weighted by atomic mass is 16.6. The molecule has 0 bridgehead atoms. The van der Waals surface area contributed by atoms with E-state index < -0.39 is 0 Å². The molecule has 0 spiro atoms. The van der Waals surface area contributed by atoms with Crippen LogP contribution < -0.4 is 4.90 Å². The number of H-pyrrole nitrogens is 1. The van der Waals surface area contributed by atoms with Crippen LogP contribution in [0.3, 0.4) is 0 Å². The Morgan fingerprint density at radius 1 is 1.06 bits per heavy atom. The third kappa shape index (κ3) is 4.55. The minimum atomic E-state index is 0.191. The summed E-state index contributed by atoms with van der Waals surface area (Å²) >= 11 is 0. The number of morpholine rings is 1. The first kappa shape index (κ1) is 20.7. The van der Waals surface area contributed by atoms with Gasteiger partial charge in [0, 0.05) is 31.0 Å². The molecule has 1 aromatic carbocycles. The Morgan fingerprint density at radius 2 is 1.85 bits per heavy atom. The number of aromatic amines is 1. The minimum absolute atomic E-state index is 0.191. The Labute approximate surface area is 190 Å². The maximum atomic E-state index is 5.51. The molecule has 4 heterocycles. The topological polar surface area (TPSA) is 114 Å². The van der Waals surface area contributed by atoms with Gasteiger partial charge in [-0.3, -0.25) is 4.98 Å². The summed E-state index contributed by atoms with van der Waals surface area (Å²) in [5, 5.41) is 4.14. The number of nitrogens with one attached hydrogen (secondary N) is 1. The molecule has 1 aliphatic rings. The normalized spacial score (nSPS) is 14.4. The second kappa shape index (κ2) is 9.53. The van der Waals surface area contributed by atoms with Gasteiger partial charge in [-0.1, -0.05) is 35.5 Å². The summed E-state index contributed by atoms with van der Waals surface area (Å²) in [6, 6.07) is 13.5. The van der Waals surface area contributed by atoms with Crippen molar-refractivity contribution >= 4 is 29.5 Å². The van der Waals surface area contributed by atoms with Gasteiger partial charge in [0.15, 0.2) is 11.5 Å². The van der Waals surface area contributed by atoms with Crippen molar-refractivity contribution < 1.29 is 9.57 Å². The van der Waals surface area contributed by atoms with Crippen molar-refractivity contribution in [3.05, 3.63) is 66.2 Å². The van der Waals surface area contributed by atoms with Crippen LogP contribution in [0.1, 0.15) is 11.4 Å². The number of oxime groups is 1. The lowest BCUT2D eigenvalue weighted by Gasteiger charge is -2.28. The van der Waals surface area contributed by atoms with Crippen LogP contribution in [0.4, 0.5) is 5.82 Å². The summed E-state index contributed by atoms with van der Waals surface area (Å²) in [6.45, 7) is 6.57. The van der Waals surface area contributed by atoms with Gasteiger partial charge in [-0.25, -0.2) is 19.9 Å². The number of amidine groups is 1. The second-order valence-electron chi connectivity index (χ2n) is 7.32. The largest absolute Gasteiger partial charge is 0.389 e. The lowest BCUT2D eigenvalue weighted by atomic mass is 10.2. The Morgan fingerprint density at radius 3 is 2.61 bits per heavy atom. The molecule has 1 aliphatic heterocycles. The van der Waals surface area contributed by atoms with Crippen molar-refractivity contribution in [3.8, 4) is 11.4 Å². The van der Waals surface area contributed by atoms with E-state index in [0.717, 1.165) is 16.6 Å². The third-order valence-corrected chi connectivity index (χ3v) is 5.17. The average molecular weight is 442 g/mol. The van der Waals surface area contributed by atoms with Crippen molar-refractivity contribution in [2.24, 2.45) is 10.1 Å². The van der Waals surface area contributed by atoms with Crippen LogP contribution in [-0.2, 0) is 16.2 Å². The minimum Gasteiger partial charge on any atom is -0.389 e. The molecule has 0 saturated carbocycles. The second-order valence-corrected chi connectivity index (χ2v) is 7.32. The van der Waals surface area contributed by atoms with Crippen LogP contribution in [-0.4, -0.2) is 63.8 Å². The van der Waals surface area contributed by atoms with E-state index in [1.54, 1.807) is 12.4 Å². The van der Waals surface area contributed by atoms with E-state index in [4.69, 9.17) is 19.5 Å². The highest BCUT2D eigenvalue weighted by Crippen LogP contribution is 2.27. The van der Waals surface area contributed by atoms with E-state index in [-0.39, 0.29) is 5.84 Å². The van der Waals surface area contributed by atoms with Crippen LogP contribution in [0.25, 0.3) is 22.6 Å². The number of hydrogen-bond acceptors (Lipinski definition) is 8. The monoisotopic (exact) mass is 442 g/mol. The molecule has 10 heteroatoms. The number of fused-ring (bicyclic) bond motifs is 1. The molecule has 1 saturated heterocycles. The molecule has 10 nitrogen and oxygen atoms in total. The molecule has 0 unspecified atom stereocenters.